The van der Waals surface area contributed by atoms with Crippen LogP contribution in [0.2, 0.25) is 0 Å². The Labute approximate surface area is 202 Å². The number of allylic oxidation sites excluding steroid dienone is 1. The zero-order chi connectivity index (χ0) is 26.2. The van der Waals surface area contributed by atoms with Crippen LogP contribution in [0.5, 0.6) is 0 Å². The van der Waals surface area contributed by atoms with E-state index in [0.29, 0.717) is 31.6 Å². The molecule has 7 unspecified atom stereocenters. The fourth-order valence-corrected chi connectivity index (χ4v) is 8.77. The number of aliphatic hydroxyl groups is 2. The first-order valence-corrected chi connectivity index (χ1v) is 12.7. The van der Waals surface area contributed by atoms with Crippen molar-refractivity contribution in [2.45, 2.75) is 96.2 Å². The third-order valence-corrected chi connectivity index (χ3v) is 10.7. The molecule has 0 aromatic heterocycles. The summed E-state index contributed by atoms with van der Waals surface area (Å²) < 4.78 is 78.7. The van der Waals surface area contributed by atoms with E-state index in [9.17, 15) is 41.4 Å². The van der Waals surface area contributed by atoms with Crippen LogP contribution in [0.4, 0.5) is 26.3 Å². The molecule has 3 nitrogen and oxygen atoms in total. The molecule has 4 fully saturated rings. The Morgan fingerprint density at radius 2 is 1.54 bits per heavy atom. The van der Waals surface area contributed by atoms with Crippen molar-refractivity contribution in [2.24, 2.45) is 46.3 Å². The van der Waals surface area contributed by atoms with Crippen molar-refractivity contribution >= 4 is 5.78 Å². The number of alkyl halides is 6. The predicted octanol–water partition coefficient (Wildman–Crippen LogP) is 6.23. The number of halogens is 6. The number of carbonyl (C=O) groups is 1. The number of hydrogen-bond acceptors (Lipinski definition) is 3. The van der Waals surface area contributed by atoms with Gasteiger partial charge in [-0.2, -0.15) is 26.3 Å². The van der Waals surface area contributed by atoms with E-state index in [-0.39, 0.29) is 46.4 Å². The van der Waals surface area contributed by atoms with E-state index in [1.165, 1.54) is 0 Å². The SMILES string of the molecule is CC(/C=C/C(O)(C(F)(F)F)C(F)(F)F)C1CCC2C3C[C@H](O)[C@@H]4CC(=O)CCC4(C)C3CCC12C. The van der Waals surface area contributed by atoms with Crippen LogP contribution >= 0.6 is 0 Å². The monoisotopic (exact) mass is 510 g/mol. The third-order valence-electron chi connectivity index (χ3n) is 10.7. The smallest absolute Gasteiger partial charge is 0.393 e. The average Bonchev–Trinajstić information content (AvgIpc) is 3.09. The van der Waals surface area contributed by atoms with Gasteiger partial charge >= 0.3 is 12.4 Å². The molecule has 4 aliphatic rings. The number of carbonyl (C=O) groups excluding carboxylic acids is 1. The Hall–Kier alpha value is -1.09. The Kier molecular flexibility index (Phi) is 6.52. The van der Waals surface area contributed by atoms with E-state index in [2.05, 4.69) is 13.8 Å². The molecule has 4 aliphatic carbocycles. The van der Waals surface area contributed by atoms with Gasteiger partial charge in [0.1, 0.15) is 5.78 Å². The third kappa shape index (κ3) is 4.07. The van der Waals surface area contributed by atoms with Gasteiger partial charge in [0.25, 0.3) is 5.60 Å². The maximum atomic E-state index is 13.1. The standard InChI is InChI=1S/C26H36F6O3/c1-14(6-11-24(35,25(27,28)29)26(30,31)32)17-4-5-18-16-13-21(34)20-12-15(33)7-9-23(20,3)19(16)8-10-22(17,18)2/h6,11,14,16-21,34-35H,4-5,7-10,12-13H2,1-3H3/b11-6+/t14?,16?,17?,18?,19?,20-,21-,22?,23?/m0/s1. The zero-order valence-electron chi connectivity index (χ0n) is 20.4. The molecule has 0 aromatic carbocycles. The molecule has 4 saturated carbocycles. The van der Waals surface area contributed by atoms with Crippen LogP contribution in [-0.2, 0) is 4.79 Å². The number of rotatable bonds is 3. The van der Waals surface area contributed by atoms with Crippen molar-refractivity contribution < 1.29 is 41.4 Å². The summed E-state index contributed by atoms with van der Waals surface area (Å²) in [6.07, 6.45) is -6.05. The van der Waals surface area contributed by atoms with Gasteiger partial charge in [-0.3, -0.25) is 4.79 Å². The lowest BCUT2D eigenvalue weighted by Crippen LogP contribution is -2.58. The molecule has 9 heteroatoms. The van der Waals surface area contributed by atoms with Crippen LogP contribution in [0, 0.1) is 46.3 Å². The van der Waals surface area contributed by atoms with E-state index in [4.69, 9.17) is 0 Å². The van der Waals surface area contributed by atoms with Crippen LogP contribution in [0.15, 0.2) is 12.2 Å². The number of fused-ring (bicyclic) bond motifs is 5. The summed E-state index contributed by atoms with van der Waals surface area (Å²) in [6, 6.07) is 0. The first-order valence-electron chi connectivity index (χ1n) is 12.7. The van der Waals surface area contributed by atoms with Gasteiger partial charge in [0.05, 0.1) is 6.10 Å². The lowest BCUT2D eigenvalue weighted by molar-refractivity contribution is -0.347. The largest absolute Gasteiger partial charge is 0.429 e. The Morgan fingerprint density at radius 3 is 2.14 bits per heavy atom. The normalized spacial score (nSPS) is 43.6. The van der Waals surface area contributed by atoms with Crippen LogP contribution < -0.4 is 0 Å². The molecule has 0 spiro atoms. The fourth-order valence-electron chi connectivity index (χ4n) is 8.77. The van der Waals surface area contributed by atoms with Crippen molar-refractivity contribution in [3.05, 3.63) is 12.2 Å². The second-order valence-corrected chi connectivity index (χ2v) is 12.2. The highest BCUT2D eigenvalue weighted by atomic mass is 19.4. The van der Waals surface area contributed by atoms with Crippen molar-refractivity contribution in [1.29, 1.82) is 0 Å². The van der Waals surface area contributed by atoms with E-state index >= 15 is 0 Å². The summed E-state index contributed by atoms with van der Waals surface area (Å²) in [7, 11) is 0. The number of Topliss-reactive ketones (excluding diaryl/α,β-unsaturated/α-hetero) is 1. The molecule has 0 aromatic rings. The Bertz CT molecular complexity index is 852. The second-order valence-electron chi connectivity index (χ2n) is 12.2. The molecule has 200 valence electrons. The van der Waals surface area contributed by atoms with E-state index in [0.717, 1.165) is 31.8 Å². The van der Waals surface area contributed by atoms with E-state index < -0.39 is 30.0 Å². The molecule has 0 amide bonds. The lowest BCUT2D eigenvalue weighted by atomic mass is 9.44. The molecule has 0 saturated heterocycles. The minimum Gasteiger partial charge on any atom is -0.393 e. The maximum absolute atomic E-state index is 13.1. The molecular formula is C26H36F6O3. The van der Waals surface area contributed by atoms with Crippen LogP contribution in [0.25, 0.3) is 0 Å². The predicted molar refractivity (Wildman–Crippen MR) is 117 cm³/mol. The Balaban J connectivity index is 1.57. The molecule has 9 atom stereocenters. The van der Waals surface area contributed by atoms with Gasteiger partial charge in [-0.05, 0) is 90.9 Å². The van der Waals surface area contributed by atoms with Gasteiger partial charge in [0.2, 0.25) is 0 Å². The quantitative estimate of drug-likeness (QED) is 0.350. The second kappa shape index (κ2) is 8.47. The maximum Gasteiger partial charge on any atom is 0.429 e. The number of ketones is 1. The lowest BCUT2D eigenvalue weighted by Gasteiger charge is -2.61. The minimum atomic E-state index is -5.87. The fraction of sp³-hybridized carbons (Fsp3) is 0.885. The summed E-state index contributed by atoms with van der Waals surface area (Å²) in [4.78, 5) is 12.1. The summed E-state index contributed by atoms with van der Waals surface area (Å²) in [6.45, 7) is 5.92. The summed E-state index contributed by atoms with van der Waals surface area (Å²) in [5.41, 5.74) is -5.27. The highest BCUT2D eigenvalue weighted by Gasteiger charge is 2.69. The Morgan fingerprint density at radius 1 is 0.943 bits per heavy atom. The summed E-state index contributed by atoms with van der Waals surface area (Å²) >= 11 is 0. The van der Waals surface area contributed by atoms with Gasteiger partial charge < -0.3 is 10.2 Å². The van der Waals surface area contributed by atoms with E-state index in [1.54, 1.807) is 6.92 Å². The molecule has 0 radical (unpaired) electrons. The molecule has 0 heterocycles. The van der Waals surface area contributed by atoms with Gasteiger partial charge in [-0.25, -0.2) is 0 Å². The average molecular weight is 511 g/mol. The first-order chi connectivity index (χ1) is 16.0. The first kappa shape index (κ1) is 27.0. The van der Waals surface area contributed by atoms with Crippen LogP contribution in [-0.4, -0.2) is 40.1 Å². The number of hydrogen-bond donors (Lipinski definition) is 2. The summed E-state index contributed by atoms with van der Waals surface area (Å²) in [5.74, 6) is 0.249. The molecule has 2 N–H and O–H groups in total. The van der Waals surface area contributed by atoms with Crippen molar-refractivity contribution in [2.75, 3.05) is 0 Å². The van der Waals surface area contributed by atoms with Gasteiger partial charge in [0, 0.05) is 12.8 Å². The van der Waals surface area contributed by atoms with E-state index in [1.807, 2.05) is 0 Å². The van der Waals surface area contributed by atoms with Crippen LogP contribution in [0.1, 0.15) is 72.1 Å². The minimum absolute atomic E-state index is 0.0455. The van der Waals surface area contributed by atoms with Gasteiger partial charge in [-0.15, -0.1) is 0 Å². The number of aliphatic hydroxyl groups excluding tert-OH is 1. The van der Waals surface area contributed by atoms with Gasteiger partial charge in [-0.1, -0.05) is 26.8 Å². The van der Waals surface area contributed by atoms with Crippen molar-refractivity contribution in [3.63, 3.8) is 0 Å². The van der Waals surface area contributed by atoms with Crippen LogP contribution in [0.3, 0.4) is 0 Å². The topological polar surface area (TPSA) is 57.5 Å². The van der Waals surface area contributed by atoms with Crippen molar-refractivity contribution in [3.8, 4) is 0 Å². The highest BCUT2D eigenvalue weighted by Crippen LogP contribution is 2.68. The van der Waals surface area contributed by atoms with Gasteiger partial charge in [0.15, 0.2) is 0 Å². The molecule has 4 rings (SSSR count). The molecule has 0 aliphatic heterocycles. The zero-order valence-corrected chi connectivity index (χ0v) is 20.4. The summed E-state index contributed by atoms with van der Waals surface area (Å²) in [5, 5.41) is 20.6. The molecular weight excluding hydrogens is 474 g/mol. The highest BCUT2D eigenvalue weighted by molar-refractivity contribution is 5.79. The van der Waals surface area contributed by atoms with Crippen molar-refractivity contribution in [1.82, 2.24) is 0 Å². The molecule has 35 heavy (non-hydrogen) atoms. The molecule has 0 bridgehead atoms.